The lowest BCUT2D eigenvalue weighted by molar-refractivity contribution is 1.40. The summed E-state index contributed by atoms with van der Waals surface area (Å²) in [4.78, 5) is 4.23. The summed E-state index contributed by atoms with van der Waals surface area (Å²) in [5, 5.41) is 18.2. The van der Waals surface area contributed by atoms with Crippen LogP contribution in [0, 0.1) is 22.7 Å². The van der Waals surface area contributed by atoms with Crippen molar-refractivity contribution >= 4 is 0 Å². The first-order valence-electron chi connectivity index (χ1n) is 5.45. The SMILES string of the molecule is N#Cc1ccc2ncc(C#N)c-2c2cccc-2c1. The molecule has 0 aromatic rings. The number of nitriles is 2. The third-order valence-electron chi connectivity index (χ3n) is 2.96. The van der Waals surface area contributed by atoms with Crippen molar-refractivity contribution in [3.05, 3.63) is 53.7 Å². The van der Waals surface area contributed by atoms with Gasteiger partial charge in [-0.05, 0) is 29.3 Å². The first-order chi connectivity index (χ1) is 8.83. The molecule has 0 aromatic carbocycles. The Hall–Kier alpha value is -2.91. The highest BCUT2D eigenvalue weighted by atomic mass is 14.7. The van der Waals surface area contributed by atoms with E-state index in [2.05, 4.69) is 17.1 Å². The Morgan fingerprint density at radius 1 is 1.00 bits per heavy atom. The molecule has 0 N–H and O–H groups in total. The molecule has 3 nitrogen and oxygen atoms in total. The Labute approximate surface area is 104 Å². The summed E-state index contributed by atoms with van der Waals surface area (Å²) in [6, 6.07) is 15.4. The fourth-order valence-electron chi connectivity index (χ4n) is 2.14. The van der Waals surface area contributed by atoms with Gasteiger partial charge in [0.25, 0.3) is 0 Å². The summed E-state index contributed by atoms with van der Waals surface area (Å²) >= 11 is 0. The normalized spacial score (nSPS) is 10.1. The number of rotatable bonds is 0. The Morgan fingerprint density at radius 2 is 1.89 bits per heavy atom. The molecule has 1 aliphatic heterocycles. The summed E-state index contributed by atoms with van der Waals surface area (Å²) in [6.45, 7) is 0. The van der Waals surface area contributed by atoms with Crippen molar-refractivity contribution in [1.82, 2.24) is 4.98 Å². The number of fused-ring (bicyclic) bond motifs is 3. The van der Waals surface area contributed by atoms with Gasteiger partial charge in [-0.25, -0.2) is 0 Å². The standard InChI is InChI=1S/C15H7N3/c16-7-10-4-5-14-15(12(8-17)9-18-14)13-3-1-2-11(13)6-10/h1-6,9H. The summed E-state index contributed by atoms with van der Waals surface area (Å²) in [7, 11) is 0. The summed E-state index contributed by atoms with van der Waals surface area (Å²) in [5.74, 6) is 0. The molecule has 0 aromatic heterocycles. The van der Waals surface area contributed by atoms with Crippen LogP contribution in [0.15, 0.2) is 42.6 Å². The van der Waals surface area contributed by atoms with Gasteiger partial charge in [-0.2, -0.15) is 10.5 Å². The Kier molecular flexibility index (Phi) is 2.19. The maximum absolute atomic E-state index is 9.12. The van der Waals surface area contributed by atoms with Gasteiger partial charge in [-0.1, -0.05) is 18.2 Å². The fraction of sp³-hybridized carbons (Fsp3) is 0. The van der Waals surface area contributed by atoms with Crippen molar-refractivity contribution in [1.29, 1.82) is 10.5 Å². The monoisotopic (exact) mass is 229 g/mol. The van der Waals surface area contributed by atoms with Crippen LogP contribution < -0.4 is 0 Å². The van der Waals surface area contributed by atoms with E-state index in [4.69, 9.17) is 10.5 Å². The molecule has 82 valence electrons. The lowest BCUT2D eigenvalue weighted by Gasteiger charge is -2.03. The zero-order valence-electron chi connectivity index (χ0n) is 9.38. The molecular formula is C15H7N3. The average Bonchev–Trinajstić information content (AvgIpc) is 2.96. The predicted molar refractivity (Wildman–Crippen MR) is 66.9 cm³/mol. The molecule has 0 unspecified atom stereocenters. The molecule has 0 saturated heterocycles. The van der Waals surface area contributed by atoms with Crippen LogP contribution >= 0.6 is 0 Å². The smallest absolute Gasteiger partial charge is 0.101 e. The van der Waals surface area contributed by atoms with Gasteiger partial charge in [-0.3, -0.25) is 4.98 Å². The summed E-state index contributed by atoms with van der Waals surface area (Å²) < 4.78 is 0. The average molecular weight is 229 g/mol. The van der Waals surface area contributed by atoms with Gasteiger partial charge in [0.15, 0.2) is 0 Å². The number of hydrogen-bond donors (Lipinski definition) is 0. The molecule has 18 heavy (non-hydrogen) atoms. The summed E-state index contributed by atoms with van der Waals surface area (Å²) in [6.07, 6.45) is 1.57. The molecule has 0 spiro atoms. The van der Waals surface area contributed by atoms with Gasteiger partial charge in [0, 0.05) is 11.8 Å². The van der Waals surface area contributed by atoms with Crippen molar-refractivity contribution in [2.45, 2.75) is 0 Å². The van der Waals surface area contributed by atoms with E-state index < -0.39 is 0 Å². The van der Waals surface area contributed by atoms with E-state index in [1.54, 1.807) is 18.3 Å². The van der Waals surface area contributed by atoms with Crippen molar-refractivity contribution < 1.29 is 0 Å². The summed E-state index contributed by atoms with van der Waals surface area (Å²) in [5.41, 5.74) is 4.63. The van der Waals surface area contributed by atoms with Gasteiger partial charge in [0.05, 0.1) is 22.9 Å². The van der Waals surface area contributed by atoms with E-state index >= 15 is 0 Å². The van der Waals surface area contributed by atoms with Gasteiger partial charge in [0.1, 0.15) is 6.07 Å². The van der Waals surface area contributed by atoms with Crippen molar-refractivity contribution in [3.8, 4) is 34.5 Å². The second-order valence-electron chi connectivity index (χ2n) is 3.98. The van der Waals surface area contributed by atoms with Crippen LogP contribution in [0.25, 0.3) is 22.4 Å². The quantitative estimate of drug-likeness (QED) is 0.595. The van der Waals surface area contributed by atoms with E-state index in [0.29, 0.717) is 11.1 Å². The van der Waals surface area contributed by atoms with E-state index in [-0.39, 0.29) is 0 Å². The van der Waals surface area contributed by atoms with E-state index in [0.717, 1.165) is 22.4 Å². The molecule has 2 aliphatic carbocycles. The lowest BCUT2D eigenvalue weighted by Crippen LogP contribution is -1.83. The van der Waals surface area contributed by atoms with E-state index in [9.17, 15) is 0 Å². The number of hydrogen-bond acceptors (Lipinski definition) is 3. The zero-order chi connectivity index (χ0) is 12.5. The highest BCUT2D eigenvalue weighted by molar-refractivity contribution is 5.87. The lowest BCUT2D eigenvalue weighted by atomic mass is 9.98. The molecule has 0 radical (unpaired) electrons. The van der Waals surface area contributed by atoms with Gasteiger partial charge in [-0.15, -0.1) is 0 Å². The molecule has 0 saturated carbocycles. The topological polar surface area (TPSA) is 60.5 Å². The van der Waals surface area contributed by atoms with Crippen molar-refractivity contribution in [2.24, 2.45) is 0 Å². The van der Waals surface area contributed by atoms with Gasteiger partial charge >= 0.3 is 0 Å². The fourth-order valence-corrected chi connectivity index (χ4v) is 2.14. The second-order valence-corrected chi connectivity index (χ2v) is 3.98. The number of nitrogens with zero attached hydrogens (tertiary/aromatic N) is 3. The second kappa shape index (κ2) is 3.84. The highest BCUT2D eigenvalue weighted by Crippen LogP contribution is 2.36. The van der Waals surface area contributed by atoms with Crippen LogP contribution in [-0.4, -0.2) is 4.98 Å². The molecule has 0 amide bonds. The maximum atomic E-state index is 9.12. The third kappa shape index (κ3) is 1.39. The Morgan fingerprint density at radius 3 is 2.67 bits per heavy atom. The first-order valence-corrected chi connectivity index (χ1v) is 5.45. The third-order valence-corrected chi connectivity index (χ3v) is 2.96. The van der Waals surface area contributed by atoms with Crippen LogP contribution in [0.5, 0.6) is 0 Å². The minimum atomic E-state index is 0.566. The van der Waals surface area contributed by atoms with E-state index in [1.165, 1.54) is 0 Å². The maximum Gasteiger partial charge on any atom is 0.101 e. The molecule has 0 bridgehead atoms. The molecule has 0 fully saturated rings. The molecular weight excluding hydrogens is 222 g/mol. The highest BCUT2D eigenvalue weighted by Gasteiger charge is 2.16. The van der Waals surface area contributed by atoms with Crippen LogP contribution in [0.3, 0.4) is 0 Å². The van der Waals surface area contributed by atoms with Crippen molar-refractivity contribution in [3.63, 3.8) is 0 Å². The molecule has 3 heteroatoms. The van der Waals surface area contributed by atoms with Gasteiger partial charge in [0.2, 0.25) is 0 Å². The Bertz CT molecular complexity index is 762. The van der Waals surface area contributed by atoms with Crippen molar-refractivity contribution in [2.75, 3.05) is 0 Å². The zero-order valence-corrected chi connectivity index (χ0v) is 9.38. The molecule has 0 atom stereocenters. The van der Waals surface area contributed by atoms with Crippen LogP contribution in [0.4, 0.5) is 0 Å². The minimum Gasteiger partial charge on any atom is -0.255 e. The largest absolute Gasteiger partial charge is 0.255 e. The predicted octanol–water partition coefficient (Wildman–Crippen LogP) is 3.03. The number of aromatic nitrogens is 1. The van der Waals surface area contributed by atoms with Crippen LogP contribution in [0.1, 0.15) is 11.1 Å². The van der Waals surface area contributed by atoms with Crippen LogP contribution in [-0.2, 0) is 0 Å². The minimum absolute atomic E-state index is 0.566. The van der Waals surface area contributed by atoms with Crippen LogP contribution in [0.2, 0.25) is 0 Å². The molecule has 3 rings (SSSR count). The molecule has 1 heterocycles. The van der Waals surface area contributed by atoms with E-state index in [1.807, 2.05) is 24.3 Å². The molecule has 3 aliphatic rings. The Balaban J connectivity index is 2.44. The van der Waals surface area contributed by atoms with Gasteiger partial charge < -0.3 is 0 Å². The first kappa shape index (κ1) is 10.3.